The number of benzene rings is 1. The van der Waals surface area contributed by atoms with Crippen LogP contribution >= 0.6 is 0 Å². The molecule has 0 saturated carbocycles. The number of aliphatic carboxylic acids is 1. The topological polar surface area (TPSA) is 85.8 Å². The molecule has 1 aliphatic rings. The van der Waals surface area contributed by atoms with E-state index in [0.29, 0.717) is 5.56 Å². The SMILES string of the molecule is CN1CCN(c2cc(C(=O)N[C@@H](Cc3ccccc3)C(=O)O)ccn2)CC1. The predicted molar refractivity (Wildman–Crippen MR) is 103 cm³/mol. The van der Waals surface area contributed by atoms with Crippen molar-refractivity contribution in [3.05, 3.63) is 59.8 Å². The minimum atomic E-state index is -1.06. The zero-order valence-electron chi connectivity index (χ0n) is 15.3. The Hall–Kier alpha value is -2.93. The number of pyridine rings is 1. The van der Waals surface area contributed by atoms with Gasteiger partial charge in [-0.2, -0.15) is 0 Å². The van der Waals surface area contributed by atoms with Gasteiger partial charge in [-0.25, -0.2) is 9.78 Å². The third-order valence-corrected chi connectivity index (χ3v) is 4.72. The molecule has 2 N–H and O–H groups in total. The Balaban J connectivity index is 1.69. The number of piperazine rings is 1. The number of anilines is 1. The highest BCUT2D eigenvalue weighted by Gasteiger charge is 2.22. The van der Waals surface area contributed by atoms with Crippen LogP contribution in [0.3, 0.4) is 0 Å². The van der Waals surface area contributed by atoms with E-state index in [1.54, 1.807) is 18.3 Å². The fraction of sp³-hybridized carbons (Fsp3) is 0.350. The highest BCUT2D eigenvalue weighted by molar-refractivity contribution is 5.97. The van der Waals surface area contributed by atoms with Crippen LogP contribution in [0, 0.1) is 0 Å². The average Bonchev–Trinajstić information content (AvgIpc) is 2.69. The third-order valence-electron chi connectivity index (χ3n) is 4.72. The van der Waals surface area contributed by atoms with Crippen LogP contribution in [0.1, 0.15) is 15.9 Å². The second kappa shape index (κ2) is 8.64. The van der Waals surface area contributed by atoms with Gasteiger partial charge in [0.05, 0.1) is 0 Å². The van der Waals surface area contributed by atoms with Gasteiger partial charge < -0.3 is 20.2 Å². The fourth-order valence-electron chi connectivity index (χ4n) is 3.06. The monoisotopic (exact) mass is 368 g/mol. The number of nitrogens with zero attached hydrogens (tertiary/aromatic N) is 3. The maximum Gasteiger partial charge on any atom is 0.326 e. The number of carbonyl (C=O) groups excluding carboxylic acids is 1. The van der Waals surface area contributed by atoms with Gasteiger partial charge in [-0.1, -0.05) is 30.3 Å². The van der Waals surface area contributed by atoms with Gasteiger partial charge in [-0.05, 0) is 24.7 Å². The summed E-state index contributed by atoms with van der Waals surface area (Å²) in [7, 11) is 2.08. The number of likely N-dealkylation sites (N-methyl/N-ethyl adjacent to an activating group) is 1. The van der Waals surface area contributed by atoms with Crippen molar-refractivity contribution in [1.29, 1.82) is 0 Å². The largest absolute Gasteiger partial charge is 0.480 e. The molecule has 2 heterocycles. The van der Waals surface area contributed by atoms with Gasteiger partial charge in [0.2, 0.25) is 0 Å². The minimum absolute atomic E-state index is 0.234. The molecule has 7 heteroatoms. The van der Waals surface area contributed by atoms with E-state index in [1.165, 1.54) is 0 Å². The number of rotatable bonds is 6. The van der Waals surface area contributed by atoms with E-state index in [1.807, 2.05) is 30.3 Å². The molecule has 1 atom stereocenters. The third kappa shape index (κ3) is 5.04. The van der Waals surface area contributed by atoms with Crippen LogP contribution < -0.4 is 10.2 Å². The molecule has 142 valence electrons. The highest BCUT2D eigenvalue weighted by Crippen LogP contribution is 2.15. The van der Waals surface area contributed by atoms with Crippen LogP contribution in [0.5, 0.6) is 0 Å². The first-order valence-corrected chi connectivity index (χ1v) is 9.00. The molecule has 1 aromatic heterocycles. The molecule has 1 fully saturated rings. The minimum Gasteiger partial charge on any atom is -0.480 e. The van der Waals surface area contributed by atoms with Crippen LogP contribution in [-0.4, -0.2) is 66.1 Å². The van der Waals surface area contributed by atoms with E-state index < -0.39 is 17.9 Å². The molecule has 0 aliphatic carbocycles. The molecule has 0 bridgehead atoms. The van der Waals surface area contributed by atoms with E-state index in [-0.39, 0.29) is 6.42 Å². The Kier molecular flexibility index (Phi) is 6.03. The number of carboxylic acid groups (broad SMARTS) is 1. The molecule has 1 amide bonds. The average molecular weight is 368 g/mol. The number of carboxylic acids is 1. The van der Waals surface area contributed by atoms with Gasteiger partial charge in [0.1, 0.15) is 11.9 Å². The first kappa shape index (κ1) is 18.8. The van der Waals surface area contributed by atoms with E-state index >= 15 is 0 Å². The summed E-state index contributed by atoms with van der Waals surface area (Å²) < 4.78 is 0. The van der Waals surface area contributed by atoms with Crippen molar-refractivity contribution in [2.75, 3.05) is 38.1 Å². The van der Waals surface area contributed by atoms with E-state index in [9.17, 15) is 14.7 Å². The summed E-state index contributed by atoms with van der Waals surface area (Å²) in [4.78, 5) is 32.9. The molecule has 1 saturated heterocycles. The molecule has 2 aromatic rings. The van der Waals surface area contributed by atoms with Crippen molar-refractivity contribution in [1.82, 2.24) is 15.2 Å². The molecular weight excluding hydrogens is 344 g/mol. The standard InChI is InChI=1S/C20H24N4O3/c1-23-9-11-24(12-10-23)18-14-16(7-8-21-18)19(25)22-17(20(26)27)13-15-5-3-2-4-6-15/h2-8,14,17H,9-13H2,1H3,(H,22,25)(H,26,27)/t17-/m0/s1. The summed E-state index contributed by atoms with van der Waals surface area (Å²) in [5, 5.41) is 12.1. The number of aromatic nitrogens is 1. The van der Waals surface area contributed by atoms with Crippen LogP contribution in [0.15, 0.2) is 48.7 Å². The lowest BCUT2D eigenvalue weighted by molar-refractivity contribution is -0.139. The lowest BCUT2D eigenvalue weighted by atomic mass is 10.1. The Morgan fingerprint density at radius 1 is 1.15 bits per heavy atom. The second-order valence-electron chi connectivity index (χ2n) is 6.75. The van der Waals surface area contributed by atoms with Crippen LogP contribution in [0.2, 0.25) is 0 Å². The van der Waals surface area contributed by atoms with E-state index in [2.05, 4.69) is 27.1 Å². The van der Waals surface area contributed by atoms with E-state index in [0.717, 1.165) is 37.6 Å². The van der Waals surface area contributed by atoms with Gasteiger partial charge in [0.15, 0.2) is 0 Å². The van der Waals surface area contributed by atoms with Crippen molar-refractivity contribution in [3.8, 4) is 0 Å². The number of carbonyl (C=O) groups is 2. The normalized spacial score (nSPS) is 16.0. The molecule has 0 radical (unpaired) electrons. The van der Waals surface area contributed by atoms with Gasteiger partial charge >= 0.3 is 5.97 Å². The van der Waals surface area contributed by atoms with Gasteiger partial charge in [0.25, 0.3) is 5.91 Å². The van der Waals surface area contributed by atoms with Crippen LogP contribution in [0.25, 0.3) is 0 Å². The van der Waals surface area contributed by atoms with Crippen molar-refractivity contribution >= 4 is 17.7 Å². The quantitative estimate of drug-likeness (QED) is 0.798. The Bertz CT molecular complexity index is 789. The van der Waals surface area contributed by atoms with Gasteiger partial charge in [-0.15, -0.1) is 0 Å². The number of nitrogens with one attached hydrogen (secondary N) is 1. The van der Waals surface area contributed by atoms with Crippen LogP contribution in [0.4, 0.5) is 5.82 Å². The van der Waals surface area contributed by atoms with Crippen molar-refractivity contribution in [2.45, 2.75) is 12.5 Å². The van der Waals surface area contributed by atoms with Gasteiger partial charge in [-0.3, -0.25) is 4.79 Å². The lowest BCUT2D eigenvalue weighted by Crippen LogP contribution is -2.45. The number of hydrogen-bond acceptors (Lipinski definition) is 5. The molecule has 7 nitrogen and oxygen atoms in total. The summed E-state index contributed by atoms with van der Waals surface area (Å²) in [6.45, 7) is 3.58. The Morgan fingerprint density at radius 3 is 2.52 bits per heavy atom. The summed E-state index contributed by atoms with van der Waals surface area (Å²) in [5.41, 5.74) is 1.27. The maximum atomic E-state index is 12.6. The molecular formula is C20H24N4O3. The maximum absolute atomic E-state index is 12.6. The Labute approximate surface area is 158 Å². The van der Waals surface area contributed by atoms with Crippen LogP contribution in [-0.2, 0) is 11.2 Å². The first-order chi connectivity index (χ1) is 13.0. The fourth-order valence-corrected chi connectivity index (χ4v) is 3.06. The molecule has 1 aromatic carbocycles. The zero-order valence-corrected chi connectivity index (χ0v) is 15.3. The predicted octanol–water partition coefficient (Wildman–Crippen LogP) is 1.26. The smallest absolute Gasteiger partial charge is 0.326 e. The van der Waals surface area contributed by atoms with Crippen molar-refractivity contribution in [2.24, 2.45) is 0 Å². The second-order valence-corrected chi connectivity index (χ2v) is 6.75. The molecule has 1 aliphatic heterocycles. The van der Waals surface area contributed by atoms with Crippen molar-refractivity contribution < 1.29 is 14.7 Å². The van der Waals surface area contributed by atoms with Gasteiger partial charge in [0, 0.05) is 44.4 Å². The van der Waals surface area contributed by atoms with E-state index in [4.69, 9.17) is 0 Å². The highest BCUT2D eigenvalue weighted by atomic mass is 16.4. The molecule has 0 spiro atoms. The Morgan fingerprint density at radius 2 is 1.85 bits per heavy atom. The van der Waals surface area contributed by atoms with Crippen molar-refractivity contribution in [3.63, 3.8) is 0 Å². The summed E-state index contributed by atoms with van der Waals surface area (Å²) in [6, 6.07) is 11.6. The summed E-state index contributed by atoms with van der Waals surface area (Å²) in [6.07, 6.45) is 1.83. The number of amides is 1. The molecule has 3 rings (SSSR count). The molecule has 0 unspecified atom stereocenters. The number of hydrogen-bond donors (Lipinski definition) is 2. The molecule has 27 heavy (non-hydrogen) atoms. The lowest BCUT2D eigenvalue weighted by Gasteiger charge is -2.33. The zero-order chi connectivity index (χ0) is 19.2. The first-order valence-electron chi connectivity index (χ1n) is 9.00. The summed E-state index contributed by atoms with van der Waals surface area (Å²) >= 11 is 0. The summed E-state index contributed by atoms with van der Waals surface area (Å²) in [5.74, 6) is -0.720.